The minimum Gasteiger partial charge on any atom is -0.382 e. The second kappa shape index (κ2) is 5.71. The van der Waals surface area contributed by atoms with E-state index in [9.17, 15) is 4.79 Å². The van der Waals surface area contributed by atoms with Gasteiger partial charge in [-0.3, -0.25) is 4.79 Å². The van der Waals surface area contributed by atoms with Crippen molar-refractivity contribution in [2.75, 3.05) is 11.9 Å². The molecule has 0 radical (unpaired) electrons. The average molecular weight is 312 g/mol. The van der Waals surface area contributed by atoms with E-state index in [2.05, 4.69) is 21.2 Å². The molecule has 5 heteroatoms. The first-order chi connectivity index (χ1) is 8.61. The largest absolute Gasteiger partial charge is 0.382 e. The highest BCUT2D eigenvalue weighted by atomic mass is 79.9. The molecule has 0 spiro atoms. The first kappa shape index (κ1) is 13.4. The van der Waals surface area contributed by atoms with Gasteiger partial charge in [0.15, 0.2) is 0 Å². The minimum absolute atomic E-state index is 0.422. The zero-order chi connectivity index (χ0) is 13.1. The number of benzene rings is 1. The van der Waals surface area contributed by atoms with E-state index in [1.807, 2.05) is 12.1 Å². The van der Waals surface area contributed by atoms with Gasteiger partial charge in [0.2, 0.25) is 5.91 Å². The molecule has 1 amide bonds. The van der Waals surface area contributed by atoms with E-state index < -0.39 is 5.91 Å². The molecule has 1 aliphatic carbocycles. The van der Waals surface area contributed by atoms with Crippen molar-refractivity contribution in [1.29, 1.82) is 0 Å². The lowest BCUT2D eigenvalue weighted by Gasteiger charge is -2.21. The van der Waals surface area contributed by atoms with E-state index >= 15 is 0 Å². The van der Waals surface area contributed by atoms with E-state index in [4.69, 9.17) is 11.5 Å². The molecule has 4 nitrogen and oxygen atoms in total. The molecule has 98 valence electrons. The maximum Gasteiger partial charge on any atom is 0.249 e. The fraction of sp³-hybridized carbons (Fsp3) is 0.462. The van der Waals surface area contributed by atoms with Crippen molar-refractivity contribution in [1.82, 2.24) is 0 Å². The molecule has 0 aromatic heterocycles. The summed E-state index contributed by atoms with van der Waals surface area (Å²) in [6, 6.07) is 5.95. The van der Waals surface area contributed by atoms with Crippen LogP contribution in [0, 0.1) is 5.92 Å². The summed E-state index contributed by atoms with van der Waals surface area (Å²) >= 11 is 3.36. The molecular weight excluding hydrogens is 294 g/mol. The number of rotatable bonds is 4. The topological polar surface area (TPSA) is 81.1 Å². The van der Waals surface area contributed by atoms with Gasteiger partial charge in [0.1, 0.15) is 0 Å². The predicted octanol–water partition coefficient (Wildman–Crippen LogP) is 2.09. The first-order valence-corrected chi connectivity index (χ1v) is 6.97. The van der Waals surface area contributed by atoms with Crippen molar-refractivity contribution in [2.24, 2.45) is 17.4 Å². The molecule has 2 unspecified atom stereocenters. The van der Waals surface area contributed by atoms with Gasteiger partial charge in [-0.1, -0.05) is 6.42 Å². The Labute approximate surface area is 115 Å². The summed E-state index contributed by atoms with van der Waals surface area (Å²) in [6.45, 7) is 0.720. The Bertz CT molecular complexity index is 450. The number of primary amides is 1. The zero-order valence-electron chi connectivity index (χ0n) is 10.2. The standard InChI is InChI=1S/C13H18BrN3O/c14-11-6-9(4-5-10(11)13(16)18)17-12-3-1-2-8(12)7-15/h4-6,8,12,17H,1-3,7,15H2,(H2,16,18). The van der Waals surface area contributed by atoms with Crippen LogP contribution in [0.25, 0.3) is 0 Å². The second-order valence-electron chi connectivity index (χ2n) is 4.74. The van der Waals surface area contributed by atoms with Gasteiger partial charge in [-0.05, 0) is 59.4 Å². The lowest BCUT2D eigenvalue weighted by atomic mass is 10.0. The summed E-state index contributed by atoms with van der Waals surface area (Å²) in [5, 5.41) is 3.49. The van der Waals surface area contributed by atoms with E-state index in [-0.39, 0.29) is 0 Å². The van der Waals surface area contributed by atoms with Gasteiger partial charge in [-0.15, -0.1) is 0 Å². The highest BCUT2D eigenvalue weighted by molar-refractivity contribution is 9.10. The molecule has 2 rings (SSSR count). The van der Waals surface area contributed by atoms with Gasteiger partial charge >= 0.3 is 0 Å². The van der Waals surface area contributed by atoms with Gasteiger partial charge in [0, 0.05) is 16.2 Å². The quantitative estimate of drug-likeness (QED) is 0.796. The lowest BCUT2D eigenvalue weighted by Crippen LogP contribution is -2.29. The monoisotopic (exact) mass is 311 g/mol. The summed E-state index contributed by atoms with van der Waals surface area (Å²) in [5.74, 6) is 0.119. The van der Waals surface area contributed by atoms with Crippen LogP contribution < -0.4 is 16.8 Å². The third-order valence-corrected chi connectivity index (χ3v) is 4.20. The minimum atomic E-state index is -0.422. The summed E-state index contributed by atoms with van der Waals surface area (Å²) in [5.41, 5.74) is 12.5. The Morgan fingerprint density at radius 2 is 2.22 bits per heavy atom. The fourth-order valence-corrected chi connectivity index (χ4v) is 3.10. The summed E-state index contributed by atoms with van der Waals surface area (Å²) in [4.78, 5) is 11.1. The Hall–Kier alpha value is -1.07. The lowest BCUT2D eigenvalue weighted by molar-refractivity contribution is 0.0999. The highest BCUT2D eigenvalue weighted by Gasteiger charge is 2.25. The number of carbonyl (C=O) groups excluding carboxylic acids is 1. The molecule has 1 aliphatic rings. The summed E-state index contributed by atoms with van der Waals surface area (Å²) < 4.78 is 0.724. The molecule has 18 heavy (non-hydrogen) atoms. The van der Waals surface area contributed by atoms with E-state index in [0.717, 1.165) is 23.1 Å². The number of nitrogens with two attached hydrogens (primary N) is 2. The highest BCUT2D eigenvalue weighted by Crippen LogP contribution is 2.29. The van der Waals surface area contributed by atoms with Crippen LogP contribution in [0.2, 0.25) is 0 Å². The van der Waals surface area contributed by atoms with Crippen LogP contribution in [0.3, 0.4) is 0 Å². The van der Waals surface area contributed by atoms with Crippen molar-refractivity contribution in [3.63, 3.8) is 0 Å². The first-order valence-electron chi connectivity index (χ1n) is 6.17. The molecule has 0 saturated heterocycles. The number of hydrogen-bond acceptors (Lipinski definition) is 3. The third-order valence-electron chi connectivity index (χ3n) is 3.55. The second-order valence-corrected chi connectivity index (χ2v) is 5.59. The fourth-order valence-electron chi connectivity index (χ4n) is 2.53. The van der Waals surface area contributed by atoms with Crippen LogP contribution >= 0.6 is 15.9 Å². The Balaban J connectivity index is 2.10. The Kier molecular flexibility index (Phi) is 4.24. The smallest absolute Gasteiger partial charge is 0.249 e. The van der Waals surface area contributed by atoms with Crippen molar-refractivity contribution in [3.05, 3.63) is 28.2 Å². The molecule has 1 aromatic rings. The molecule has 1 aromatic carbocycles. The van der Waals surface area contributed by atoms with Gasteiger partial charge in [0.25, 0.3) is 0 Å². The maximum absolute atomic E-state index is 11.1. The van der Waals surface area contributed by atoms with Crippen LogP contribution in [0.15, 0.2) is 22.7 Å². The van der Waals surface area contributed by atoms with Crippen molar-refractivity contribution < 1.29 is 4.79 Å². The van der Waals surface area contributed by atoms with Crippen molar-refractivity contribution >= 4 is 27.5 Å². The van der Waals surface area contributed by atoms with Crippen LogP contribution in [-0.2, 0) is 0 Å². The molecule has 0 bridgehead atoms. The molecular formula is C13H18BrN3O. The van der Waals surface area contributed by atoms with E-state index in [1.165, 1.54) is 12.8 Å². The Morgan fingerprint density at radius 1 is 1.44 bits per heavy atom. The van der Waals surface area contributed by atoms with E-state index in [0.29, 0.717) is 17.5 Å². The molecule has 0 heterocycles. The maximum atomic E-state index is 11.1. The summed E-state index contributed by atoms with van der Waals surface area (Å²) in [6.07, 6.45) is 3.56. The zero-order valence-corrected chi connectivity index (χ0v) is 11.7. The number of anilines is 1. The van der Waals surface area contributed by atoms with Crippen LogP contribution in [-0.4, -0.2) is 18.5 Å². The number of carbonyl (C=O) groups is 1. The Morgan fingerprint density at radius 3 is 2.83 bits per heavy atom. The van der Waals surface area contributed by atoms with E-state index in [1.54, 1.807) is 6.07 Å². The number of nitrogens with one attached hydrogen (secondary N) is 1. The number of hydrogen-bond donors (Lipinski definition) is 3. The molecule has 1 saturated carbocycles. The molecule has 2 atom stereocenters. The van der Waals surface area contributed by atoms with Gasteiger partial charge in [-0.2, -0.15) is 0 Å². The van der Waals surface area contributed by atoms with Crippen molar-refractivity contribution in [2.45, 2.75) is 25.3 Å². The number of halogens is 1. The van der Waals surface area contributed by atoms with Crippen molar-refractivity contribution in [3.8, 4) is 0 Å². The van der Waals surface area contributed by atoms with Gasteiger partial charge < -0.3 is 16.8 Å². The van der Waals surface area contributed by atoms with Crippen LogP contribution in [0.4, 0.5) is 5.69 Å². The van der Waals surface area contributed by atoms with Crippen LogP contribution in [0.1, 0.15) is 29.6 Å². The molecule has 1 fully saturated rings. The van der Waals surface area contributed by atoms with Crippen LogP contribution in [0.5, 0.6) is 0 Å². The normalized spacial score (nSPS) is 23.0. The summed E-state index contributed by atoms with van der Waals surface area (Å²) in [7, 11) is 0. The SMILES string of the molecule is NCC1CCCC1Nc1ccc(C(N)=O)c(Br)c1. The van der Waals surface area contributed by atoms with Gasteiger partial charge in [-0.25, -0.2) is 0 Å². The third kappa shape index (κ3) is 2.84. The van der Waals surface area contributed by atoms with Gasteiger partial charge in [0.05, 0.1) is 5.56 Å². The molecule has 0 aliphatic heterocycles. The number of amides is 1. The predicted molar refractivity (Wildman–Crippen MR) is 76.5 cm³/mol. The molecule has 5 N–H and O–H groups in total. The average Bonchev–Trinajstić information content (AvgIpc) is 2.76.